The van der Waals surface area contributed by atoms with Crippen LogP contribution in [0.4, 0.5) is 5.69 Å². The maximum absolute atomic E-state index is 12.1. The molecule has 0 saturated carbocycles. The summed E-state index contributed by atoms with van der Waals surface area (Å²) in [7, 11) is 0. The first kappa shape index (κ1) is 18.9. The number of benzene rings is 3. The Morgan fingerprint density at radius 1 is 0.700 bits per heavy atom. The Bertz CT molecular complexity index is 1070. The number of rotatable bonds is 4. The summed E-state index contributed by atoms with van der Waals surface area (Å²) in [6.45, 7) is 0.397. The lowest BCUT2D eigenvalue weighted by molar-refractivity contribution is -0.114. The van der Waals surface area contributed by atoms with Crippen LogP contribution in [0.3, 0.4) is 0 Å². The van der Waals surface area contributed by atoms with Crippen molar-refractivity contribution in [3.63, 3.8) is 0 Å². The molecule has 0 unspecified atom stereocenters. The van der Waals surface area contributed by atoms with Crippen LogP contribution in [-0.4, -0.2) is 24.3 Å². The van der Waals surface area contributed by atoms with E-state index in [0.717, 1.165) is 22.3 Å². The quantitative estimate of drug-likeness (QED) is 0.559. The maximum Gasteiger partial charge on any atom is 0.257 e. The van der Waals surface area contributed by atoms with Crippen molar-refractivity contribution in [1.82, 2.24) is 0 Å². The Kier molecular flexibility index (Phi) is 4.81. The van der Waals surface area contributed by atoms with Gasteiger partial charge in [0, 0.05) is 5.69 Å². The smallest absolute Gasteiger partial charge is 0.257 e. The number of nitrogens with one attached hydrogen (secondary N) is 1. The van der Waals surface area contributed by atoms with Crippen LogP contribution in [0.2, 0.25) is 0 Å². The molecule has 0 aliphatic carbocycles. The van der Waals surface area contributed by atoms with Crippen LogP contribution in [0.5, 0.6) is 23.0 Å². The van der Waals surface area contributed by atoms with Crippen molar-refractivity contribution in [1.29, 1.82) is 0 Å². The lowest BCUT2D eigenvalue weighted by Crippen LogP contribution is -2.18. The Hall–Kier alpha value is -3.09. The third-order valence-electron chi connectivity index (χ3n) is 4.81. The van der Waals surface area contributed by atoms with Gasteiger partial charge in [0.1, 0.15) is 0 Å². The molecule has 3 aromatic carbocycles. The molecule has 0 radical (unpaired) electrons. The van der Waals surface area contributed by atoms with E-state index in [-0.39, 0.29) is 13.6 Å². The van der Waals surface area contributed by atoms with Crippen LogP contribution in [-0.2, 0) is 4.79 Å². The van der Waals surface area contributed by atoms with E-state index in [9.17, 15) is 4.79 Å². The van der Waals surface area contributed by atoms with Crippen LogP contribution in [0.25, 0.3) is 22.3 Å². The molecule has 8 heteroatoms. The van der Waals surface area contributed by atoms with Gasteiger partial charge in [-0.05, 0) is 64.7 Å². The van der Waals surface area contributed by atoms with Crippen LogP contribution in [0, 0.1) is 0 Å². The van der Waals surface area contributed by atoms with Crippen molar-refractivity contribution in [2.45, 2.75) is 4.84 Å². The van der Waals surface area contributed by atoms with E-state index in [1.165, 1.54) is 0 Å². The fourth-order valence-corrected chi connectivity index (χ4v) is 3.49. The Balaban J connectivity index is 1.59. The van der Waals surface area contributed by atoms with Crippen LogP contribution in [0.1, 0.15) is 0 Å². The zero-order valence-corrected chi connectivity index (χ0v) is 17.0. The van der Waals surface area contributed by atoms with Crippen molar-refractivity contribution in [3.05, 3.63) is 54.6 Å². The molecule has 6 nitrogen and oxygen atoms in total. The lowest BCUT2D eigenvalue weighted by Gasteiger charge is -2.13. The van der Waals surface area contributed by atoms with Crippen molar-refractivity contribution in [2.24, 2.45) is 0 Å². The monoisotopic (exact) mass is 443 g/mol. The molecule has 0 aromatic heterocycles. The molecular weight excluding hydrogens is 429 g/mol. The van der Waals surface area contributed by atoms with Gasteiger partial charge in [-0.2, -0.15) is 0 Å². The van der Waals surface area contributed by atoms with E-state index in [2.05, 4.69) is 5.32 Å². The number of halogens is 2. The maximum atomic E-state index is 12.1. The van der Waals surface area contributed by atoms with E-state index >= 15 is 0 Å². The van der Waals surface area contributed by atoms with Gasteiger partial charge in [-0.25, -0.2) is 0 Å². The van der Waals surface area contributed by atoms with E-state index in [1.807, 2.05) is 54.6 Å². The topological polar surface area (TPSA) is 66.0 Å². The number of amides is 1. The van der Waals surface area contributed by atoms with Gasteiger partial charge in [0.05, 0.1) is 0 Å². The van der Waals surface area contributed by atoms with E-state index in [0.29, 0.717) is 28.7 Å². The van der Waals surface area contributed by atoms with Gasteiger partial charge in [-0.15, -0.1) is 0 Å². The molecule has 2 aliphatic rings. The molecule has 2 aliphatic heterocycles. The number of ether oxygens (including phenoxy) is 4. The predicted octanol–water partition coefficient (Wildman–Crippen LogP) is 5.22. The Morgan fingerprint density at radius 2 is 1.20 bits per heavy atom. The minimum Gasteiger partial charge on any atom is -0.454 e. The molecule has 3 aromatic rings. The molecule has 30 heavy (non-hydrogen) atoms. The summed E-state index contributed by atoms with van der Waals surface area (Å²) in [6, 6.07) is 17.1. The van der Waals surface area contributed by atoms with Gasteiger partial charge >= 0.3 is 0 Å². The first-order chi connectivity index (χ1) is 14.6. The normalized spacial score (nSPS) is 13.6. The van der Waals surface area contributed by atoms with Crippen molar-refractivity contribution < 1.29 is 23.7 Å². The summed E-state index contributed by atoms with van der Waals surface area (Å²) < 4.78 is 21.8. The van der Waals surface area contributed by atoms with Gasteiger partial charge in [0.15, 0.2) is 27.8 Å². The molecule has 0 fully saturated rings. The molecule has 1 amide bonds. The Morgan fingerprint density at radius 3 is 1.70 bits per heavy atom. The summed E-state index contributed by atoms with van der Waals surface area (Å²) in [5.41, 5.74) is 4.13. The first-order valence-electron chi connectivity index (χ1n) is 9.11. The number of anilines is 1. The molecule has 0 bridgehead atoms. The molecule has 5 rings (SSSR count). The van der Waals surface area contributed by atoms with E-state index in [1.54, 1.807) is 0 Å². The number of carbonyl (C=O) groups is 1. The van der Waals surface area contributed by atoms with Gasteiger partial charge < -0.3 is 24.3 Å². The number of hydrogen-bond acceptors (Lipinski definition) is 5. The van der Waals surface area contributed by atoms with E-state index < -0.39 is 10.7 Å². The average Bonchev–Trinajstić information content (AvgIpc) is 3.41. The van der Waals surface area contributed by atoms with Crippen molar-refractivity contribution in [2.75, 3.05) is 18.9 Å². The summed E-state index contributed by atoms with van der Waals surface area (Å²) in [5.74, 6) is 2.25. The lowest BCUT2D eigenvalue weighted by atomic mass is 9.97. The molecule has 0 saturated heterocycles. The first-order valence-corrected chi connectivity index (χ1v) is 9.98. The average molecular weight is 444 g/mol. The van der Waals surface area contributed by atoms with E-state index in [4.69, 9.17) is 42.1 Å². The highest BCUT2D eigenvalue weighted by Gasteiger charge is 2.18. The fraction of sp³-hybridized carbons (Fsp3) is 0.136. The highest BCUT2D eigenvalue weighted by molar-refractivity contribution is 6.54. The molecular formula is C22H15Cl2NO5. The number of alkyl halides is 2. The van der Waals surface area contributed by atoms with Crippen LogP contribution in [0.15, 0.2) is 54.6 Å². The zero-order chi connectivity index (χ0) is 20.7. The highest BCUT2D eigenvalue weighted by Crippen LogP contribution is 2.40. The highest BCUT2D eigenvalue weighted by atomic mass is 35.5. The predicted molar refractivity (Wildman–Crippen MR) is 114 cm³/mol. The second-order valence-corrected chi connectivity index (χ2v) is 7.82. The Labute approximate surface area is 182 Å². The summed E-state index contributed by atoms with van der Waals surface area (Å²) in [5, 5.41) is 2.75. The molecule has 0 atom stereocenters. The standard InChI is InChI=1S/C22H15Cl2NO5/c23-21(24)22(26)25-16-6-14(12-1-3-17-19(8-12)29-10-27-17)5-15(7-16)13-2-4-18-20(9-13)30-11-28-18/h1-9,21H,10-11H2,(H,25,26). The molecule has 2 heterocycles. The fourth-order valence-electron chi connectivity index (χ4n) is 3.38. The van der Waals surface area contributed by atoms with Crippen molar-refractivity contribution >= 4 is 34.8 Å². The third-order valence-corrected chi connectivity index (χ3v) is 5.21. The second-order valence-electron chi connectivity index (χ2n) is 6.73. The van der Waals surface area contributed by atoms with Gasteiger partial charge in [-0.3, -0.25) is 4.79 Å². The summed E-state index contributed by atoms with van der Waals surface area (Å²) in [4.78, 5) is 10.9. The number of fused-ring (bicyclic) bond motifs is 2. The largest absolute Gasteiger partial charge is 0.454 e. The molecule has 152 valence electrons. The second kappa shape index (κ2) is 7.63. The van der Waals surface area contributed by atoms with Gasteiger partial charge in [0.25, 0.3) is 5.91 Å². The van der Waals surface area contributed by atoms with Gasteiger partial charge in [-0.1, -0.05) is 35.3 Å². The minimum absolute atomic E-state index is 0.199. The summed E-state index contributed by atoms with van der Waals surface area (Å²) >= 11 is 11.4. The summed E-state index contributed by atoms with van der Waals surface area (Å²) in [6.07, 6.45) is 0. The van der Waals surface area contributed by atoms with Crippen LogP contribution >= 0.6 is 23.2 Å². The van der Waals surface area contributed by atoms with Crippen LogP contribution < -0.4 is 24.3 Å². The zero-order valence-electron chi connectivity index (χ0n) is 15.5. The number of carbonyl (C=O) groups excluding carboxylic acids is 1. The van der Waals surface area contributed by atoms with Gasteiger partial charge in [0.2, 0.25) is 13.6 Å². The van der Waals surface area contributed by atoms with Crippen molar-refractivity contribution in [3.8, 4) is 45.3 Å². The molecule has 0 spiro atoms. The molecule has 1 N–H and O–H groups in total. The third kappa shape index (κ3) is 3.60. The minimum atomic E-state index is -1.17. The number of hydrogen-bond donors (Lipinski definition) is 1. The SMILES string of the molecule is O=C(Nc1cc(-c2ccc3c(c2)OCO3)cc(-c2ccc3c(c2)OCO3)c1)C(Cl)Cl.